The molecule has 8 nitrogen and oxygen atoms in total. The van der Waals surface area contributed by atoms with Gasteiger partial charge in [0.25, 0.3) is 5.91 Å². The molecule has 0 radical (unpaired) electrons. The number of aliphatic carboxylic acids is 1. The lowest BCUT2D eigenvalue weighted by Gasteiger charge is -2.18. The monoisotopic (exact) mass is 424 g/mol. The van der Waals surface area contributed by atoms with Crippen molar-refractivity contribution >= 4 is 17.8 Å². The van der Waals surface area contributed by atoms with Crippen LogP contribution in [0.15, 0.2) is 48.5 Å². The molecular formula is C22H21FN4O4. The van der Waals surface area contributed by atoms with Crippen LogP contribution in [-0.2, 0) is 17.8 Å². The number of halogens is 1. The van der Waals surface area contributed by atoms with Gasteiger partial charge >= 0.3 is 5.97 Å². The maximum absolute atomic E-state index is 14.4. The predicted molar refractivity (Wildman–Crippen MR) is 112 cm³/mol. The highest BCUT2D eigenvalue weighted by Crippen LogP contribution is 2.30. The molecular weight excluding hydrogens is 403 g/mol. The summed E-state index contributed by atoms with van der Waals surface area (Å²) in [5.41, 5.74) is 19.3. The number of hydrogen-bond acceptors (Lipinski definition) is 4. The minimum absolute atomic E-state index is 0.0847. The summed E-state index contributed by atoms with van der Waals surface area (Å²) in [4.78, 5) is 34.0. The van der Waals surface area contributed by atoms with Gasteiger partial charge in [-0.15, -0.1) is 0 Å². The number of rotatable bonds is 8. The Kier molecular flexibility index (Phi) is 6.17. The second-order valence-corrected chi connectivity index (χ2v) is 6.91. The van der Waals surface area contributed by atoms with Crippen LogP contribution in [0, 0.1) is 5.82 Å². The molecule has 0 aliphatic carbocycles. The summed E-state index contributed by atoms with van der Waals surface area (Å²) in [6.07, 6.45) is 0.0918. The number of carboxylic acids is 1. The fourth-order valence-electron chi connectivity index (χ4n) is 3.41. The predicted octanol–water partition coefficient (Wildman–Crippen LogP) is 1.96. The molecule has 0 fully saturated rings. The van der Waals surface area contributed by atoms with Crippen molar-refractivity contribution in [3.8, 4) is 16.9 Å². The van der Waals surface area contributed by atoms with E-state index in [1.54, 1.807) is 41.0 Å². The minimum Gasteiger partial charge on any atom is -0.481 e. The maximum atomic E-state index is 14.4. The molecule has 3 aromatic rings. The van der Waals surface area contributed by atoms with Crippen molar-refractivity contribution in [2.24, 2.45) is 17.2 Å². The van der Waals surface area contributed by atoms with E-state index in [-0.39, 0.29) is 30.5 Å². The summed E-state index contributed by atoms with van der Waals surface area (Å²) in [5.74, 6) is -3.22. The first-order valence-electron chi connectivity index (χ1n) is 9.38. The Hall–Kier alpha value is -3.98. The zero-order chi connectivity index (χ0) is 22.7. The summed E-state index contributed by atoms with van der Waals surface area (Å²) in [5, 5.41) is 9.10. The van der Waals surface area contributed by atoms with Gasteiger partial charge in [0.2, 0.25) is 5.91 Å². The van der Waals surface area contributed by atoms with Crippen molar-refractivity contribution in [3.05, 3.63) is 76.7 Å². The van der Waals surface area contributed by atoms with Gasteiger partial charge in [-0.3, -0.25) is 14.4 Å². The highest BCUT2D eigenvalue weighted by atomic mass is 19.1. The van der Waals surface area contributed by atoms with Crippen LogP contribution in [0.1, 0.15) is 38.4 Å². The Bertz CT molecular complexity index is 1190. The molecule has 3 rings (SSSR count). The summed E-state index contributed by atoms with van der Waals surface area (Å²) in [6, 6.07) is 12.3. The quantitative estimate of drug-likeness (QED) is 0.435. The molecule has 0 aliphatic rings. The van der Waals surface area contributed by atoms with E-state index in [1.807, 2.05) is 0 Å². The smallest absolute Gasteiger partial charge is 0.303 e. The van der Waals surface area contributed by atoms with Gasteiger partial charge in [0.1, 0.15) is 5.82 Å². The third-order valence-corrected chi connectivity index (χ3v) is 4.91. The normalized spacial score (nSPS) is 10.8. The van der Waals surface area contributed by atoms with E-state index >= 15 is 0 Å². The largest absolute Gasteiger partial charge is 0.481 e. The standard InChI is InChI=1S/C22H21FN4O4/c23-17-10-12(1-5-16(17)22(26)31)18-7-3-15(4-8-20(28)29)27(18)19-6-2-13(21(25)30)9-14(19)11-24/h1-3,5-7,9-10H,4,8,11,24H2,(H2,25,30)(H2,26,31)(H,28,29). The maximum Gasteiger partial charge on any atom is 0.303 e. The van der Waals surface area contributed by atoms with E-state index in [2.05, 4.69) is 0 Å². The molecule has 31 heavy (non-hydrogen) atoms. The van der Waals surface area contributed by atoms with Crippen molar-refractivity contribution in [2.45, 2.75) is 19.4 Å². The van der Waals surface area contributed by atoms with Gasteiger partial charge < -0.3 is 26.9 Å². The first-order valence-corrected chi connectivity index (χ1v) is 9.38. The lowest BCUT2D eigenvalue weighted by molar-refractivity contribution is -0.137. The van der Waals surface area contributed by atoms with Crippen LogP contribution in [0.4, 0.5) is 4.39 Å². The molecule has 1 aromatic heterocycles. The first-order chi connectivity index (χ1) is 14.7. The highest BCUT2D eigenvalue weighted by molar-refractivity contribution is 5.94. The third-order valence-electron chi connectivity index (χ3n) is 4.91. The second kappa shape index (κ2) is 8.80. The molecule has 2 aromatic carbocycles. The SMILES string of the molecule is NCc1cc(C(N)=O)ccc1-n1c(CCC(=O)O)ccc1-c1ccc(C(N)=O)c(F)c1. The Morgan fingerprint density at radius 3 is 2.29 bits per heavy atom. The van der Waals surface area contributed by atoms with E-state index in [0.717, 1.165) is 0 Å². The molecule has 0 aliphatic heterocycles. The number of nitrogens with two attached hydrogens (primary N) is 3. The van der Waals surface area contributed by atoms with E-state index < -0.39 is 23.6 Å². The summed E-state index contributed by atoms with van der Waals surface area (Å²) in [6.45, 7) is 0.0847. The molecule has 0 unspecified atom stereocenters. The Morgan fingerprint density at radius 2 is 1.71 bits per heavy atom. The fourth-order valence-corrected chi connectivity index (χ4v) is 3.41. The molecule has 1 heterocycles. The van der Waals surface area contributed by atoms with Gasteiger partial charge in [-0.1, -0.05) is 6.07 Å². The molecule has 0 atom stereocenters. The molecule has 2 amide bonds. The zero-order valence-electron chi connectivity index (χ0n) is 16.5. The number of primary amides is 2. The fraction of sp³-hybridized carbons (Fsp3) is 0.136. The average Bonchev–Trinajstić information content (AvgIpc) is 3.14. The van der Waals surface area contributed by atoms with Crippen LogP contribution in [0.25, 0.3) is 16.9 Å². The van der Waals surface area contributed by atoms with Crippen LogP contribution in [0.3, 0.4) is 0 Å². The van der Waals surface area contributed by atoms with Crippen molar-refractivity contribution in [3.63, 3.8) is 0 Å². The number of hydrogen-bond donors (Lipinski definition) is 4. The molecule has 0 saturated carbocycles. The number of carbonyl (C=O) groups excluding carboxylic acids is 2. The Balaban J connectivity index is 2.21. The number of nitrogens with zero attached hydrogens (tertiary/aromatic N) is 1. The van der Waals surface area contributed by atoms with Gasteiger partial charge in [-0.25, -0.2) is 4.39 Å². The lowest BCUT2D eigenvalue weighted by Crippen LogP contribution is -2.15. The van der Waals surface area contributed by atoms with Crippen molar-refractivity contribution in [1.29, 1.82) is 0 Å². The van der Waals surface area contributed by atoms with Crippen molar-refractivity contribution in [2.75, 3.05) is 0 Å². The number of carboxylic acid groups (broad SMARTS) is 1. The van der Waals surface area contributed by atoms with Gasteiger partial charge in [-0.05, 0) is 54.4 Å². The number of aromatic nitrogens is 1. The first kappa shape index (κ1) is 21.7. The van der Waals surface area contributed by atoms with E-state index in [0.29, 0.717) is 28.2 Å². The zero-order valence-corrected chi connectivity index (χ0v) is 16.5. The topological polar surface area (TPSA) is 154 Å². The van der Waals surface area contributed by atoms with Crippen LogP contribution in [0.2, 0.25) is 0 Å². The van der Waals surface area contributed by atoms with Crippen molar-refractivity contribution in [1.82, 2.24) is 4.57 Å². The summed E-state index contributed by atoms with van der Waals surface area (Å²) in [7, 11) is 0. The van der Waals surface area contributed by atoms with Gasteiger partial charge in [-0.2, -0.15) is 0 Å². The summed E-state index contributed by atoms with van der Waals surface area (Å²) < 4.78 is 16.2. The van der Waals surface area contributed by atoms with Crippen LogP contribution in [0.5, 0.6) is 0 Å². The van der Waals surface area contributed by atoms with E-state index in [9.17, 15) is 18.8 Å². The van der Waals surface area contributed by atoms with Crippen LogP contribution < -0.4 is 17.2 Å². The Labute approximate surface area is 177 Å². The van der Waals surface area contributed by atoms with Crippen LogP contribution in [-0.4, -0.2) is 27.5 Å². The summed E-state index contributed by atoms with van der Waals surface area (Å²) >= 11 is 0. The second-order valence-electron chi connectivity index (χ2n) is 6.91. The van der Waals surface area contributed by atoms with Gasteiger partial charge in [0.15, 0.2) is 0 Å². The van der Waals surface area contributed by atoms with E-state index in [1.165, 1.54) is 12.1 Å². The molecule has 160 valence electrons. The molecule has 0 bridgehead atoms. The minimum atomic E-state index is -0.964. The van der Waals surface area contributed by atoms with Gasteiger partial charge in [0, 0.05) is 23.4 Å². The molecule has 0 spiro atoms. The third kappa shape index (κ3) is 4.46. The van der Waals surface area contributed by atoms with E-state index in [4.69, 9.17) is 22.3 Å². The molecule has 7 N–H and O–H groups in total. The number of carbonyl (C=O) groups is 3. The lowest BCUT2D eigenvalue weighted by atomic mass is 10.1. The van der Waals surface area contributed by atoms with Crippen molar-refractivity contribution < 1.29 is 23.9 Å². The number of aryl methyl sites for hydroxylation is 1. The van der Waals surface area contributed by atoms with Gasteiger partial charge in [0.05, 0.1) is 23.4 Å². The number of amides is 2. The molecule has 9 heteroatoms. The highest BCUT2D eigenvalue weighted by Gasteiger charge is 2.18. The van der Waals surface area contributed by atoms with Crippen LogP contribution >= 0.6 is 0 Å². The molecule has 0 saturated heterocycles. The Morgan fingerprint density at radius 1 is 0.968 bits per heavy atom. The average molecular weight is 424 g/mol. The number of benzene rings is 2.